The molecule has 0 aliphatic rings. The average molecular weight is 361 g/mol. The standard InChI is InChI=1S/C16H16N4O4S/c1-25-16(19-17-8-10-2-4-12(21)6-14(10)23)20-18-9-11-3-5-13(22)7-15(11)24/h2-9,21-24H,1H3,(H,19,20)/p+1. The van der Waals surface area contributed by atoms with E-state index in [2.05, 4.69) is 15.3 Å². The van der Waals surface area contributed by atoms with Crippen molar-refractivity contribution in [1.82, 2.24) is 0 Å². The first-order valence-corrected chi connectivity index (χ1v) is 8.27. The molecule has 0 amide bonds. The van der Waals surface area contributed by atoms with Crippen molar-refractivity contribution in [3.05, 3.63) is 47.5 Å². The summed E-state index contributed by atoms with van der Waals surface area (Å²) in [5.41, 5.74) is 2.33. The van der Waals surface area contributed by atoms with Crippen LogP contribution in [0.15, 0.2) is 51.7 Å². The molecule has 9 heteroatoms. The lowest BCUT2D eigenvalue weighted by atomic mass is 10.2. The number of benzene rings is 2. The second kappa shape index (κ2) is 8.71. The molecule has 2 aromatic rings. The average Bonchev–Trinajstić information content (AvgIpc) is 2.57. The van der Waals surface area contributed by atoms with Crippen LogP contribution < -0.4 is 5.43 Å². The second-order valence-electron chi connectivity index (χ2n) is 4.78. The van der Waals surface area contributed by atoms with E-state index in [0.717, 1.165) is 0 Å². The van der Waals surface area contributed by atoms with E-state index in [1.54, 1.807) is 6.26 Å². The maximum absolute atomic E-state index is 9.66. The van der Waals surface area contributed by atoms with E-state index in [1.165, 1.54) is 66.0 Å². The van der Waals surface area contributed by atoms with E-state index in [4.69, 9.17) is 0 Å². The highest BCUT2D eigenvalue weighted by Gasteiger charge is 2.03. The van der Waals surface area contributed by atoms with Crippen LogP contribution in [0.2, 0.25) is 0 Å². The molecule has 0 aliphatic carbocycles. The third kappa shape index (κ3) is 5.52. The Labute approximate surface area is 147 Å². The van der Waals surface area contributed by atoms with Gasteiger partial charge in [0.2, 0.25) is 0 Å². The molecule has 0 aromatic heterocycles. The van der Waals surface area contributed by atoms with Gasteiger partial charge in [0.15, 0.2) is 0 Å². The minimum atomic E-state index is -0.102. The van der Waals surface area contributed by atoms with Gasteiger partial charge in [0.05, 0.1) is 12.4 Å². The van der Waals surface area contributed by atoms with Gasteiger partial charge >= 0.3 is 5.17 Å². The van der Waals surface area contributed by atoms with Gasteiger partial charge in [-0.1, -0.05) is 10.2 Å². The summed E-state index contributed by atoms with van der Waals surface area (Å²) in [6, 6.07) is 8.35. The topological polar surface area (TPSA) is 135 Å². The third-order valence-electron chi connectivity index (χ3n) is 2.99. The Morgan fingerprint density at radius 1 is 0.920 bits per heavy atom. The molecular weight excluding hydrogens is 344 g/mol. The largest absolute Gasteiger partial charge is 0.508 e. The van der Waals surface area contributed by atoms with Crippen LogP contribution in [0.25, 0.3) is 0 Å². The molecule has 0 radical (unpaired) electrons. The second-order valence-corrected chi connectivity index (χ2v) is 5.61. The minimum Gasteiger partial charge on any atom is -0.508 e. The van der Waals surface area contributed by atoms with Gasteiger partial charge in [-0.2, -0.15) is 10.5 Å². The molecule has 2 rings (SSSR count). The number of nitrogens with two attached hydrogens (primary N) is 1. The monoisotopic (exact) mass is 361 g/mol. The van der Waals surface area contributed by atoms with E-state index in [9.17, 15) is 20.4 Å². The van der Waals surface area contributed by atoms with Crippen molar-refractivity contribution >= 4 is 29.4 Å². The van der Waals surface area contributed by atoms with E-state index in [1.807, 2.05) is 0 Å². The van der Waals surface area contributed by atoms with Gasteiger partial charge in [0.25, 0.3) is 0 Å². The summed E-state index contributed by atoms with van der Waals surface area (Å²) in [6.45, 7) is 0. The van der Waals surface area contributed by atoms with Crippen molar-refractivity contribution in [3.8, 4) is 23.0 Å². The molecule has 130 valence electrons. The molecule has 0 spiro atoms. The number of hydrogen-bond acceptors (Lipinski definition) is 8. The molecule has 0 atom stereocenters. The van der Waals surface area contributed by atoms with Crippen LogP contribution in [0.4, 0.5) is 0 Å². The van der Waals surface area contributed by atoms with Crippen molar-refractivity contribution in [3.63, 3.8) is 0 Å². The molecule has 0 saturated heterocycles. The van der Waals surface area contributed by atoms with Crippen molar-refractivity contribution in [2.24, 2.45) is 15.3 Å². The van der Waals surface area contributed by atoms with Gasteiger partial charge in [-0.05, 0) is 42.3 Å². The summed E-state index contributed by atoms with van der Waals surface area (Å²) in [7, 11) is 0. The van der Waals surface area contributed by atoms with Gasteiger partial charge in [0.1, 0.15) is 23.0 Å². The maximum Gasteiger partial charge on any atom is 0.305 e. The van der Waals surface area contributed by atoms with E-state index in [-0.39, 0.29) is 23.0 Å². The first-order chi connectivity index (χ1) is 12.0. The molecule has 0 fully saturated rings. The molecule has 2 aromatic carbocycles. The number of amidine groups is 1. The van der Waals surface area contributed by atoms with Crippen LogP contribution in [0.1, 0.15) is 11.1 Å². The molecule has 0 bridgehead atoms. The Morgan fingerprint density at radius 3 is 2.00 bits per heavy atom. The Kier molecular flexibility index (Phi) is 6.38. The van der Waals surface area contributed by atoms with Gasteiger partial charge in [-0.3, -0.25) is 0 Å². The van der Waals surface area contributed by atoms with Crippen LogP contribution >= 0.6 is 11.8 Å². The summed E-state index contributed by atoms with van der Waals surface area (Å²) in [4.78, 5) is 0. The molecule has 8 nitrogen and oxygen atoms in total. The molecule has 0 unspecified atom stereocenters. The number of phenols is 4. The van der Waals surface area contributed by atoms with Gasteiger partial charge in [0, 0.05) is 23.3 Å². The van der Waals surface area contributed by atoms with E-state index < -0.39 is 0 Å². The Morgan fingerprint density at radius 2 is 1.48 bits per heavy atom. The fraction of sp³-hybridized carbons (Fsp3) is 0.0625. The molecule has 0 heterocycles. The first-order valence-electron chi connectivity index (χ1n) is 7.05. The number of thioether (sulfide) groups is 1. The normalized spacial score (nSPS) is 12.3. The summed E-state index contributed by atoms with van der Waals surface area (Å²) < 4.78 is 0. The fourth-order valence-corrected chi connectivity index (χ4v) is 2.03. The SMILES string of the molecule is CSC(=NN=Cc1ccc(O)cc1O)[NH2+]N=Cc1ccc(O)cc1O. The van der Waals surface area contributed by atoms with Crippen LogP contribution in [0.5, 0.6) is 23.0 Å². The Balaban J connectivity index is 2.02. The lowest BCUT2D eigenvalue weighted by Crippen LogP contribution is -2.81. The van der Waals surface area contributed by atoms with Crippen LogP contribution in [0, 0.1) is 0 Å². The van der Waals surface area contributed by atoms with Crippen LogP contribution in [-0.2, 0) is 0 Å². The molecular formula is C16H17N4O4S+. The van der Waals surface area contributed by atoms with Crippen molar-refractivity contribution in [2.75, 3.05) is 6.26 Å². The van der Waals surface area contributed by atoms with Gasteiger partial charge < -0.3 is 20.4 Å². The quantitative estimate of drug-likeness (QED) is 0.241. The lowest BCUT2D eigenvalue weighted by molar-refractivity contribution is -0.539. The van der Waals surface area contributed by atoms with Crippen molar-refractivity contribution in [2.45, 2.75) is 0 Å². The van der Waals surface area contributed by atoms with Crippen LogP contribution in [-0.4, -0.2) is 44.3 Å². The van der Waals surface area contributed by atoms with Crippen molar-refractivity contribution in [1.29, 1.82) is 0 Å². The highest BCUT2D eigenvalue weighted by atomic mass is 32.2. The number of quaternary nitrogens is 1. The molecule has 6 N–H and O–H groups in total. The molecule has 0 saturated carbocycles. The molecule has 25 heavy (non-hydrogen) atoms. The highest BCUT2D eigenvalue weighted by Crippen LogP contribution is 2.21. The minimum absolute atomic E-state index is 0.0307. The third-order valence-corrected chi connectivity index (χ3v) is 3.59. The lowest BCUT2D eigenvalue weighted by Gasteiger charge is -1.98. The highest BCUT2D eigenvalue weighted by molar-refractivity contribution is 8.12. The Bertz CT molecular complexity index is 837. The predicted octanol–water partition coefficient (Wildman–Crippen LogP) is 1.16. The zero-order chi connectivity index (χ0) is 18.2. The number of hydrogen-bond donors (Lipinski definition) is 5. The number of rotatable bonds is 4. The zero-order valence-electron chi connectivity index (χ0n) is 13.2. The summed E-state index contributed by atoms with van der Waals surface area (Å²) >= 11 is 1.32. The predicted molar refractivity (Wildman–Crippen MR) is 97.6 cm³/mol. The number of phenolic OH excluding ortho intramolecular Hbond substituents is 4. The Hall–Kier alpha value is -3.04. The van der Waals surface area contributed by atoms with E-state index >= 15 is 0 Å². The summed E-state index contributed by atoms with van der Waals surface area (Å²) in [5, 5.41) is 50.2. The fourth-order valence-electron chi connectivity index (χ4n) is 1.73. The number of nitrogens with zero attached hydrogens (tertiary/aromatic N) is 3. The summed E-state index contributed by atoms with van der Waals surface area (Å²) in [5.74, 6) is -0.255. The van der Waals surface area contributed by atoms with Gasteiger partial charge in [-0.15, -0.1) is 0 Å². The first kappa shape index (κ1) is 18.3. The zero-order valence-corrected chi connectivity index (χ0v) is 14.1. The molecule has 0 aliphatic heterocycles. The van der Waals surface area contributed by atoms with Crippen LogP contribution in [0.3, 0.4) is 0 Å². The van der Waals surface area contributed by atoms with Gasteiger partial charge in [-0.25, -0.2) is 0 Å². The smallest absolute Gasteiger partial charge is 0.305 e. The van der Waals surface area contributed by atoms with Crippen molar-refractivity contribution < 1.29 is 25.9 Å². The number of aromatic hydroxyl groups is 4. The summed E-state index contributed by atoms with van der Waals surface area (Å²) in [6.07, 6.45) is 4.58. The van der Waals surface area contributed by atoms with E-state index in [0.29, 0.717) is 16.3 Å². The maximum atomic E-state index is 9.66.